The Hall–Kier alpha value is -1.90. The second-order valence-corrected chi connectivity index (χ2v) is 4.83. The maximum Gasteiger partial charge on any atom is 0.131 e. The third kappa shape index (κ3) is 2.92. The molecule has 2 aromatic carbocycles. The molecule has 0 aliphatic carbocycles. The molecule has 0 heterocycles. The molecule has 100 valence electrons. The molecule has 0 unspecified atom stereocenters. The van der Waals surface area contributed by atoms with Gasteiger partial charge in [0.1, 0.15) is 11.6 Å². The Morgan fingerprint density at radius 1 is 0.947 bits per heavy atom. The van der Waals surface area contributed by atoms with E-state index in [1.807, 2.05) is 32.9 Å². The van der Waals surface area contributed by atoms with Gasteiger partial charge >= 0.3 is 0 Å². The average Bonchev–Trinajstić information content (AvgIpc) is 2.31. The molecule has 2 rings (SSSR count). The molecule has 0 aliphatic heterocycles. The number of rotatable bonds is 3. The van der Waals surface area contributed by atoms with Gasteiger partial charge in [0.15, 0.2) is 0 Å². The first kappa shape index (κ1) is 13.5. The minimum Gasteiger partial charge on any atom is -0.380 e. The van der Waals surface area contributed by atoms with E-state index >= 15 is 0 Å². The van der Waals surface area contributed by atoms with Crippen molar-refractivity contribution in [3.8, 4) is 0 Å². The summed E-state index contributed by atoms with van der Waals surface area (Å²) in [5, 5.41) is 3.13. The molecule has 1 nitrogen and oxygen atoms in total. The zero-order chi connectivity index (χ0) is 14.0. The molecule has 3 heteroatoms. The van der Waals surface area contributed by atoms with Gasteiger partial charge in [-0.05, 0) is 44.0 Å². The lowest BCUT2D eigenvalue weighted by Crippen LogP contribution is -2.07. The van der Waals surface area contributed by atoms with Gasteiger partial charge in [0.25, 0.3) is 0 Å². The van der Waals surface area contributed by atoms with E-state index in [0.29, 0.717) is 0 Å². The van der Waals surface area contributed by atoms with Crippen LogP contribution in [0, 0.1) is 32.4 Å². The van der Waals surface area contributed by atoms with E-state index in [4.69, 9.17) is 0 Å². The molecular weight excluding hydrogens is 244 g/mol. The monoisotopic (exact) mass is 261 g/mol. The molecule has 2 aromatic rings. The van der Waals surface area contributed by atoms with Crippen LogP contribution in [0.2, 0.25) is 0 Å². The Bertz CT molecular complexity index is 562. The number of halogens is 2. The second-order valence-electron chi connectivity index (χ2n) is 4.83. The highest BCUT2D eigenvalue weighted by Gasteiger charge is 2.09. The number of anilines is 1. The third-order valence-corrected chi connectivity index (χ3v) is 3.18. The van der Waals surface area contributed by atoms with Crippen LogP contribution in [0.5, 0.6) is 0 Å². The summed E-state index contributed by atoms with van der Waals surface area (Å²) in [5.41, 5.74) is 4.34. The van der Waals surface area contributed by atoms with Crippen LogP contribution in [-0.2, 0) is 6.54 Å². The highest BCUT2D eigenvalue weighted by atomic mass is 19.1. The number of benzene rings is 2. The highest BCUT2D eigenvalue weighted by Crippen LogP contribution is 2.23. The summed E-state index contributed by atoms with van der Waals surface area (Å²) in [6.07, 6.45) is 0. The molecule has 1 N–H and O–H groups in total. The van der Waals surface area contributed by atoms with Gasteiger partial charge in [-0.25, -0.2) is 8.78 Å². The van der Waals surface area contributed by atoms with Crippen LogP contribution in [0.15, 0.2) is 30.3 Å². The van der Waals surface area contributed by atoms with Crippen molar-refractivity contribution in [3.63, 3.8) is 0 Å². The number of nitrogens with one attached hydrogen (secondary N) is 1. The molecular formula is C16H17F2N. The van der Waals surface area contributed by atoms with Gasteiger partial charge in [0.05, 0.1) is 0 Å². The van der Waals surface area contributed by atoms with Crippen molar-refractivity contribution in [1.82, 2.24) is 0 Å². The topological polar surface area (TPSA) is 12.0 Å². The summed E-state index contributed by atoms with van der Waals surface area (Å²) in [5.74, 6) is -1.04. The summed E-state index contributed by atoms with van der Waals surface area (Å²) in [7, 11) is 0. The first-order chi connectivity index (χ1) is 8.99. The lowest BCUT2D eigenvalue weighted by Gasteiger charge is -2.14. The van der Waals surface area contributed by atoms with E-state index < -0.39 is 11.6 Å². The van der Waals surface area contributed by atoms with Gasteiger partial charge in [-0.2, -0.15) is 0 Å². The predicted molar refractivity (Wildman–Crippen MR) is 74.3 cm³/mol. The molecule has 19 heavy (non-hydrogen) atoms. The molecule has 0 aliphatic rings. The van der Waals surface area contributed by atoms with E-state index in [0.717, 1.165) is 16.8 Å². The minimum absolute atomic E-state index is 0.0712. The molecule has 0 amide bonds. The van der Waals surface area contributed by atoms with Gasteiger partial charge < -0.3 is 5.32 Å². The van der Waals surface area contributed by atoms with Gasteiger partial charge in [-0.3, -0.25) is 0 Å². The van der Waals surface area contributed by atoms with E-state index in [1.54, 1.807) is 0 Å². The summed E-state index contributed by atoms with van der Waals surface area (Å²) in [6, 6.07) is 8.01. The van der Waals surface area contributed by atoms with Crippen LogP contribution in [0.3, 0.4) is 0 Å². The van der Waals surface area contributed by atoms with Crippen LogP contribution >= 0.6 is 0 Å². The zero-order valence-corrected chi connectivity index (χ0v) is 11.3. The highest BCUT2D eigenvalue weighted by molar-refractivity contribution is 5.58. The van der Waals surface area contributed by atoms with Gasteiger partial charge in [0.2, 0.25) is 0 Å². The predicted octanol–water partition coefficient (Wildman–Crippen LogP) is 4.50. The first-order valence-corrected chi connectivity index (χ1v) is 6.23. The van der Waals surface area contributed by atoms with Crippen molar-refractivity contribution < 1.29 is 8.78 Å². The van der Waals surface area contributed by atoms with Crippen LogP contribution in [0.1, 0.15) is 22.3 Å². The van der Waals surface area contributed by atoms with Gasteiger partial charge in [-0.1, -0.05) is 23.8 Å². The summed E-state index contributed by atoms with van der Waals surface area (Å²) < 4.78 is 27.1. The number of aryl methyl sites for hydroxylation is 3. The second kappa shape index (κ2) is 5.39. The van der Waals surface area contributed by atoms with Crippen molar-refractivity contribution in [2.45, 2.75) is 27.3 Å². The van der Waals surface area contributed by atoms with Crippen LogP contribution < -0.4 is 5.32 Å². The smallest absolute Gasteiger partial charge is 0.131 e. The van der Waals surface area contributed by atoms with Crippen LogP contribution in [0.4, 0.5) is 14.5 Å². The Kier molecular flexibility index (Phi) is 3.84. The largest absolute Gasteiger partial charge is 0.380 e. The normalized spacial score (nSPS) is 10.6. The SMILES string of the molecule is Cc1cc(C)c(NCc2c(F)cccc2F)c(C)c1. The van der Waals surface area contributed by atoms with Gasteiger partial charge in [-0.15, -0.1) is 0 Å². The molecule has 0 bridgehead atoms. The quantitative estimate of drug-likeness (QED) is 0.857. The molecule has 0 radical (unpaired) electrons. The van der Waals surface area contributed by atoms with Crippen molar-refractivity contribution in [1.29, 1.82) is 0 Å². The lowest BCUT2D eigenvalue weighted by molar-refractivity contribution is 0.560. The van der Waals surface area contributed by atoms with Crippen molar-refractivity contribution >= 4 is 5.69 Å². The summed E-state index contributed by atoms with van der Waals surface area (Å²) in [4.78, 5) is 0. The number of hydrogen-bond acceptors (Lipinski definition) is 1. The van der Waals surface area contributed by atoms with Crippen molar-refractivity contribution in [2.75, 3.05) is 5.32 Å². The van der Waals surface area contributed by atoms with Crippen LogP contribution in [0.25, 0.3) is 0 Å². The molecule has 0 fully saturated rings. The lowest BCUT2D eigenvalue weighted by atomic mass is 10.0. The Labute approximate surface area is 112 Å². The van der Waals surface area contributed by atoms with E-state index in [9.17, 15) is 8.78 Å². The average molecular weight is 261 g/mol. The fraction of sp³-hybridized carbons (Fsp3) is 0.250. The molecule has 0 atom stereocenters. The fourth-order valence-electron chi connectivity index (χ4n) is 2.34. The Morgan fingerprint density at radius 3 is 2.00 bits per heavy atom. The third-order valence-electron chi connectivity index (χ3n) is 3.18. The molecule has 0 spiro atoms. The van der Waals surface area contributed by atoms with E-state index in [-0.39, 0.29) is 12.1 Å². The minimum atomic E-state index is -0.519. The molecule has 0 saturated heterocycles. The maximum absolute atomic E-state index is 13.5. The van der Waals surface area contributed by atoms with E-state index in [1.165, 1.54) is 23.8 Å². The standard InChI is InChI=1S/C16H17F2N/c1-10-7-11(2)16(12(3)8-10)19-9-13-14(17)5-4-6-15(13)18/h4-8,19H,9H2,1-3H3. The molecule has 0 aromatic heterocycles. The fourth-order valence-corrected chi connectivity index (χ4v) is 2.34. The Morgan fingerprint density at radius 2 is 1.47 bits per heavy atom. The summed E-state index contributed by atoms with van der Waals surface area (Å²) in [6.45, 7) is 6.14. The summed E-state index contributed by atoms with van der Waals surface area (Å²) >= 11 is 0. The zero-order valence-electron chi connectivity index (χ0n) is 11.3. The van der Waals surface area contributed by atoms with Gasteiger partial charge in [0, 0.05) is 17.8 Å². The Balaban J connectivity index is 2.24. The molecule has 0 saturated carbocycles. The first-order valence-electron chi connectivity index (χ1n) is 6.23. The van der Waals surface area contributed by atoms with Crippen molar-refractivity contribution in [2.24, 2.45) is 0 Å². The van der Waals surface area contributed by atoms with Crippen LogP contribution in [-0.4, -0.2) is 0 Å². The number of hydrogen-bond donors (Lipinski definition) is 1. The van der Waals surface area contributed by atoms with E-state index in [2.05, 4.69) is 5.32 Å². The van der Waals surface area contributed by atoms with Crippen molar-refractivity contribution in [3.05, 3.63) is 64.2 Å². The maximum atomic E-state index is 13.5.